The maximum Gasteiger partial charge on any atom is 0.225 e. The van der Waals surface area contributed by atoms with Crippen LogP contribution in [0.2, 0.25) is 0 Å². The highest BCUT2D eigenvalue weighted by Gasteiger charge is 2.31. The molecule has 8 nitrogen and oxygen atoms in total. The number of rotatable bonds is 5. The molecule has 2 N–H and O–H groups in total. The summed E-state index contributed by atoms with van der Waals surface area (Å²) in [5, 5.41) is 10.5. The number of aryl methyl sites for hydroxylation is 1. The van der Waals surface area contributed by atoms with Gasteiger partial charge in [0.05, 0.1) is 0 Å². The second kappa shape index (κ2) is 10.8. The molecular formula is C18H31IN6O2. The van der Waals surface area contributed by atoms with Crippen molar-refractivity contribution in [3.63, 3.8) is 0 Å². The van der Waals surface area contributed by atoms with Crippen molar-refractivity contribution < 1.29 is 9.32 Å². The molecule has 9 heteroatoms. The third kappa shape index (κ3) is 6.32. The third-order valence-electron chi connectivity index (χ3n) is 5.09. The minimum Gasteiger partial charge on any atom is -0.357 e. The Hall–Kier alpha value is -1.39. The molecule has 1 amide bonds. The molecule has 1 aliphatic carbocycles. The first-order chi connectivity index (χ1) is 12.7. The Bertz CT molecular complexity index is 629. The number of likely N-dealkylation sites (tertiary alicyclic amines) is 1. The molecule has 1 aromatic heterocycles. The van der Waals surface area contributed by atoms with E-state index < -0.39 is 0 Å². The summed E-state index contributed by atoms with van der Waals surface area (Å²) in [5.41, 5.74) is 0. The van der Waals surface area contributed by atoms with Crippen molar-refractivity contribution >= 4 is 35.8 Å². The van der Waals surface area contributed by atoms with Gasteiger partial charge in [-0.05, 0) is 26.2 Å². The van der Waals surface area contributed by atoms with Crippen LogP contribution in [0.15, 0.2) is 9.52 Å². The molecule has 1 saturated heterocycles. The third-order valence-corrected chi connectivity index (χ3v) is 5.09. The fraction of sp³-hybridized carbons (Fsp3) is 0.778. The van der Waals surface area contributed by atoms with Crippen LogP contribution in [-0.4, -0.2) is 52.6 Å². The predicted octanol–water partition coefficient (Wildman–Crippen LogP) is 2.23. The average Bonchev–Trinajstić information content (AvgIpc) is 3.29. The average molecular weight is 490 g/mol. The van der Waals surface area contributed by atoms with Gasteiger partial charge in [-0.3, -0.25) is 4.79 Å². The van der Waals surface area contributed by atoms with Crippen LogP contribution in [0.4, 0.5) is 0 Å². The topological polar surface area (TPSA) is 95.7 Å². The predicted molar refractivity (Wildman–Crippen MR) is 114 cm³/mol. The van der Waals surface area contributed by atoms with Crippen LogP contribution in [0.25, 0.3) is 0 Å². The lowest BCUT2D eigenvalue weighted by Crippen LogP contribution is -2.45. The molecule has 0 aromatic carbocycles. The van der Waals surface area contributed by atoms with E-state index in [1.807, 2.05) is 11.8 Å². The van der Waals surface area contributed by atoms with Crippen molar-refractivity contribution in [2.75, 3.05) is 19.6 Å². The van der Waals surface area contributed by atoms with Gasteiger partial charge in [0.15, 0.2) is 11.8 Å². The van der Waals surface area contributed by atoms with E-state index in [0.717, 1.165) is 44.9 Å². The molecule has 27 heavy (non-hydrogen) atoms. The fourth-order valence-electron chi connectivity index (χ4n) is 3.75. The summed E-state index contributed by atoms with van der Waals surface area (Å²) >= 11 is 0. The van der Waals surface area contributed by atoms with Gasteiger partial charge in [-0.2, -0.15) is 4.98 Å². The van der Waals surface area contributed by atoms with Crippen molar-refractivity contribution in [1.29, 1.82) is 0 Å². The van der Waals surface area contributed by atoms with Gasteiger partial charge in [-0.25, -0.2) is 4.99 Å². The Labute approximate surface area is 178 Å². The van der Waals surface area contributed by atoms with E-state index in [2.05, 4.69) is 25.8 Å². The van der Waals surface area contributed by atoms with Gasteiger partial charge in [-0.1, -0.05) is 24.4 Å². The van der Waals surface area contributed by atoms with E-state index in [9.17, 15) is 4.79 Å². The summed E-state index contributed by atoms with van der Waals surface area (Å²) in [7, 11) is 0. The minimum atomic E-state index is 0. The first-order valence-electron chi connectivity index (χ1n) is 9.78. The largest absolute Gasteiger partial charge is 0.357 e. The summed E-state index contributed by atoms with van der Waals surface area (Å²) in [6.45, 7) is 6.51. The lowest BCUT2D eigenvalue weighted by Gasteiger charge is -2.26. The number of aliphatic imine (C=N–C) groups is 1. The summed E-state index contributed by atoms with van der Waals surface area (Å²) in [6, 6.07) is 0.229. The van der Waals surface area contributed by atoms with Crippen molar-refractivity contribution in [1.82, 2.24) is 25.7 Å². The number of carbonyl (C=O) groups is 1. The maximum atomic E-state index is 12.7. The zero-order chi connectivity index (χ0) is 18.4. The number of halogens is 1. The second-order valence-electron chi connectivity index (χ2n) is 7.17. The van der Waals surface area contributed by atoms with Crippen molar-refractivity contribution in [3.8, 4) is 0 Å². The van der Waals surface area contributed by atoms with Crippen LogP contribution in [0.1, 0.15) is 57.2 Å². The van der Waals surface area contributed by atoms with E-state index >= 15 is 0 Å². The summed E-state index contributed by atoms with van der Waals surface area (Å²) in [4.78, 5) is 23.4. The highest BCUT2D eigenvalue weighted by molar-refractivity contribution is 14.0. The number of hydrogen-bond acceptors (Lipinski definition) is 5. The van der Waals surface area contributed by atoms with Gasteiger partial charge in [0.1, 0.15) is 6.54 Å². The van der Waals surface area contributed by atoms with Crippen LogP contribution in [0.5, 0.6) is 0 Å². The van der Waals surface area contributed by atoms with Gasteiger partial charge in [0, 0.05) is 38.5 Å². The molecular weight excluding hydrogens is 459 g/mol. The standard InChI is InChI=1S/C18H30N6O2.HI/c1-3-19-18(20-11-16-21-13(2)26-23-16)22-15-9-10-24(12-15)17(25)14-7-5-4-6-8-14;/h14-15H,3-12H2,1-2H3,(H2,19,20,22);1H. The Morgan fingerprint density at radius 2 is 2.07 bits per heavy atom. The number of nitrogens with zero attached hydrogens (tertiary/aromatic N) is 4. The molecule has 2 heterocycles. The van der Waals surface area contributed by atoms with Gasteiger partial charge < -0.3 is 20.1 Å². The summed E-state index contributed by atoms with van der Waals surface area (Å²) in [6.07, 6.45) is 6.72. The minimum absolute atomic E-state index is 0. The number of aromatic nitrogens is 2. The number of hydrogen-bond donors (Lipinski definition) is 2. The number of nitrogens with one attached hydrogen (secondary N) is 2. The van der Waals surface area contributed by atoms with Gasteiger partial charge >= 0.3 is 0 Å². The van der Waals surface area contributed by atoms with Crippen LogP contribution in [-0.2, 0) is 11.3 Å². The highest BCUT2D eigenvalue weighted by Crippen LogP contribution is 2.26. The Balaban J connectivity index is 0.00000261. The molecule has 1 unspecified atom stereocenters. The van der Waals surface area contributed by atoms with E-state index in [0.29, 0.717) is 24.2 Å². The maximum absolute atomic E-state index is 12.7. The van der Waals surface area contributed by atoms with Gasteiger partial charge in [-0.15, -0.1) is 24.0 Å². The van der Waals surface area contributed by atoms with E-state index in [1.54, 1.807) is 6.92 Å². The van der Waals surface area contributed by atoms with Gasteiger partial charge in [0.2, 0.25) is 11.8 Å². The first kappa shape index (κ1) is 21.9. The molecule has 152 valence electrons. The molecule has 2 aliphatic rings. The zero-order valence-electron chi connectivity index (χ0n) is 16.2. The molecule has 2 fully saturated rings. The monoisotopic (exact) mass is 490 g/mol. The molecule has 0 bridgehead atoms. The smallest absolute Gasteiger partial charge is 0.225 e. The van der Waals surface area contributed by atoms with Crippen LogP contribution in [0.3, 0.4) is 0 Å². The zero-order valence-corrected chi connectivity index (χ0v) is 18.6. The van der Waals surface area contributed by atoms with E-state index in [1.165, 1.54) is 19.3 Å². The molecule has 0 spiro atoms. The first-order valence-corrected chi connectivity index (χ1v) is 9.78. The van der Waals surface area contributed by atoms with Crippen molar-refractivity contribution in [2.45, 2.75) is 65.0 Å². The SMILES string of the molecule is CCNC(=NCc1noc(C)n1)NC1CCN(C(=O)C2CCCCC2)C1.I. The van der Waals surface area contributed by atoms with Crippen molar-refractivity contribution in [2.24, 2.45) is 10.9 Å². The lowest BCUT2D eigenvalue weighted by molar-refractivity contribution is -0.135. The molecule has 1 saturated carbocycles. The second-order valence-corrected chi connectivity index (χ2v) is 7.17. The van der Waals surface area contributed by atoms with Gasteiger partial charge in [0.25, 0.3) is 0 Å². The quantitative estimate of drug-likeness (QED) is 0.374. The van der Waals surface area contributed by atoms with E-state index in [-0.39, 0.29) is 35.9 Å². The molecule has 3 rings (SSSR count). The van der Waals surface area contributed by atoms with Crippen molar-refractivity contribution in [3.05, 3.63) is 11.7 Å². The number of guanidine groups is 1. The molecule has 0 radical (unpaired) electrons. The molecule has 1 aromatic rings. The van der Waals surface area contributed by atoms with Crippen LogP contribution < -0.4 is 10.6 Å². The van der Waals surface area contributed by atoms with Crippen LogP contribution >= 0.6 is 24.0 Å². The normalized spacial score (nSPS) is 21.0. The summed E-state index contributed by atoms with van der Waals surface area (Å²) in [5.74, 6) is 2.43. The molecule has 1 atom stereocenters. The Morgan fingerprint density at radius 3 is 2.74 bits per heavy atom. The lowest BCUT2D eigenvalue weighted by atomic mass is 9.88. The Kier molecular flexibility index (Phi) is 8.78. The Morgan fingerprint density at radius 1 is 1.30 bits per heavy atom. The van der Waals surface area contributed by atoms with E-state index in [4.69, 9.17) is 4.52 Å². The number of carbonyl (C=O) groups excluding carboxylic acids is 1. The van der Waals surface area contributed by atoms with Crippen LogP contribution in [0, 0.1) is 12.8 Å². The highest BCUT2D eigenvalue weighted by atomic mass is 127. The number of amides is 1. The fourth-order valence-corrected chi connectivity index (χ4v) is 3.75. The summed E-state index contributed by atoms with van der Waals surface area (Å²) < 4.78 is 4.97. The molecule has 1 aliphatic heterocycles.